The third-order valence-electron chi connectivity index (χ3n) is 6.36. The molecule has 0 radical (unpaired) electrons. The lowest BCUT2D eigenvalue weighted by molar-refractivity contribution is -0.307. The van der Waals surface area contributed by atoms with E-state index >= 15 is 0 Å². The van der Waals surface area contributed by atoms with Gasteiger partial charge in [-0.2, -0.15) is 0 Å². The number of hydrogen-bond acceptors (Lipinski definition) is 6. The number of sulfonamides is 1. The number of carboxylic acid groups (broad SMARTS) is 1. The normalized spacial score (nSPS) is 13.7. The summed E-state index contributed by atoms with van der Waals surface area (Å²) in [6.07, 6.45) is -2.98. The number of aliphatic carboxylic acids is 1. The zero-order valence-electron chi connectivity index (χ0n) is 22.0. The van der Waals surface area contributed by atoms with E-state index in [9.17, 15) is 32.9 Å². The van der Waals surface area contributed by atoms with Crippen molar-refractivity contribution in [3.05, 3.63) is 66.1 Å². The van der Waals surface area contributed by atoms with Crippen molar-refractivity contribution in [1.82, 2.24) is 8.87 Å². The molecular formula is C28H34FN2O6S-. The summed E-state index contributed by atoms with van der Waals surface area (Å²) in [6.45, 7) is 3.93. The van der Waals surface area contributed by atoms with Gasteiger partial charge in [-0.1, -0.05) is 44.2 Å². The molecule has 0 saturated heterocycles. The lowest BCUT2D eigenvalue weighted by Crippen LogP contribution is -2.29. The fourth-order valence-electron chi connectivity index (χ4n) is 4.63. The zero-order chi connectivity index (χ0) is 28.2. The minimum absolute atomic E-state index is 0.113. The van der Waals surface area contributed by atoms with E-state index in [-0.39, 0.29) is 30.2 Å². The van der Waals surface area contributed by atoms with E-state index in [1.54, 1.807) is 12.1 Å². The minimum Gasteiger partial charge on any atom is -0.550 e. The van der Waals surface area contributed by atoms with Crippen LogP contribution in [0.1, 0.15) is 44.7 Å². The molecule has 0 saturated carbocycles. The maximum Gasteiger partial charge on any atom is 0.245 e. The van der Waals surface area contributed by atoms with E-state index in [1.807, 2.05) is 48.7 Å². The van der Waals surface area contributed by atoms with Crippen molar-refractivity contribution in [1.29, 1.82) is 0 Å². The number of aliphatic hydroxyl groups is 2. The molecule has 3 aromatic rings. The molecule has 0 bridgehead atoms. The molecule has 0 spiro atoms. The molecule has 1 aromatic heterocycles. The van der Waals surface area contributed by atoms with Crippen molar-refractivity contribution in [3.63, 3.8) is 0 Å². The highest BCUT2D eigenvalue weighted by atomic mass is 32.2. The van der Waals surface area contributed by atoms with Crippen molar-refractivity contribution >= 4 is 16.0 Å². The van der Waals surface area contributed by atoms with Gasteiger partial charge in [0.05, 0.1) is 17.9 Å². The van der Waals surface area contributed by atoms with Crippen LogP contribution < -0.4 is 5.11 Å². The van der Waals surface area contributed by atoms with Gasteiger partial charge in [0.2, 0.25) is 10.0 Å². The summed E-state index contributed by atoms with van der Waals surface area (Å²) in [6, 6.07) is 14.9. The van der Waals surface area contributed by atoms with Crippen LogP contribution in [0, 0.1) is 5.82 Å². The molecule has 38 heavy (non-hydrogen) atoms. The van der Waals surface area contributed by atoms with Crippen LogP contribution >= 0.6 is 0 Å². The quantitative estimate of drug-likeness (QED) is 0.361. The van der Waals surface area contributed by atoms with Crippen molar-refractivity contribution in [3.8, 4) is 22.4 Å². The first-order valence-electron chi connectivity index (χ1n) is 12.4. The Morgan fingerprint density at radius 3 is 2.13 bits per heavy atom. The second kappa shape index (κ2) is 12.2. The lowest BCUT2D eigenvalue weighted by atomic mass is 10.0. The second-order valence-electron chi connectivity index (χ2n) is 9.81. The van der Waals surface area contributed by atoms with Gasteiger partial charge in [0.15, 0.2) is 0 Å². The van der Waals surface area contributed by atoms with E-state index in [0.717, 1.165) is 4.31 Å². The summed E-state index contributed by atoms with van der Waals surface area (Å²) in [5, 5.41) is 31.3. The number of benzene rings is 2. The monoisotopic (exact) mass is 545 g/mol. The number of aromatic nitrogens is 1. The van der Waals surface area contributed by atoms with Crippen LogP contribution in [0.25, 0.3) is 22.4 Å². The highest BCUT2D eigenvalue weighted by Crippen LogP contribution is 2.45. The SMILES string of the molecule is CC(C)c1c(S(=O)(=O)N(C)C)c(-c2ccccc2)c(-c2ccc(F)cc2)n1CC[C@@H](O)C[C@@H](O)CC(=O)[O-]. The summed E-state index contributed by atoms with van der Waals surface area (Å²) >= 11 is 0. The number of carbonyl (C=O) groups is 1. The molecule has 1 heterocycles. The Bertz CT molecular complexity index is 1350. The molecule has 0 amide bonds. The predicted octanol–water partition coefficient (Wildman–Crippen LogP) is 2.98. The lowest BCUT2D eigenvalue weighted by Gasteiger charge is -2.21. The van der Waals surface area contributed by atoms with Crippen LogP contribution in [-0.4, -0.2) is 59.8 Å². The van der Waals surface area contributed by atoms with E-state index in [4.69, 9.17) is 0 Å². The molecule has 0 fully saturated rings. The first-order chi connectivity index (χ1) is 17.8. The Labute approximate surface area is 223 Å². The molecule has 3 rings (SSSR count). The molecule has 0 aliphatic rings. The molecule has 8 nitrogen and oxygen atoms in total. The second-order valence-corrected chi connectivity index (χ2v) is 11.9. The molecule has 2 atom stereocenters. The van der Waals surface area contributed by atoms with Gasteiger partial charge in [-0.3, -0.25) is 0 Å². The van der Waals surface area contributed by atoms with Gasteiger partial charge in [-0.25, -0.2) is 17.1 Å². The van der Waals surface area contributed by atoms with Crippen LogP contribution in [-0.2, 0) is 21.4 Å². The smallest absolute Gasteiger partial charge is 0.245 e. The Kier molecular flexibility index (Phi) is 9.48. The first-order valence-corrected chi connectivity index (χ1v) is 13.8. The van der Waals surface area contributed by atoms with Crippen LogP contribution in [0.5, 0.6) is 0 Å². The molecule has 10 heteroatoms. The Balaban J connectivity index is 2.29. The Morgan fingerprint density at radius 2 is 1.61 bits per heavy atom. The van der Waals surface area contributed by atoms with Gasteiger partial charge in [-0.05, 0) is 54.2 Å². The number of hydrogen-bond donors (Lipinski definition) is 2. The standard InChI is InChI=1S/C28H35FN2O6S/c1-18(2)26-28(38(36,37)30(3)4)25(19-8-6-5-7-9-19)27(20-10-12-21(29)13-11-20)31(26)15-14-22(32)16-23(33)17-24(34)35/h5-13,18,22-23,32-33H,14-17H2,1-4H3,(H,34,35)/p-1/t22-,23-/m1/s1. The topological polar surface area (TPSA) is 123 Å². The minimum atomic E-state index is -3.96. The summed E-state index contributed by atoms with van der Waals surface area (Å²) in [5.41, 5.74) is 2.82. The summed E-state index contributed by atoms with van der Waals surface area (Å²) in [5.74, 6) is -2.10. The largest absolute Gasteiger partial charge is 0.550 e. The van der Waals surface area contributed by atoms with Crippen LogP contribution in [0.4, 0.5) is 4.39 Å². The first kappa shape index (κ1) is 29.5. The predicted molar refractivity (Wildman–Crippen MR) is 141 cm³/mol. The zero-order valence-corrected chi connectivity index (χ0v) is 22.8. The molecule has 0 aliphatic carbocycles. The number of carbonyl (C=O) groups excluding carboxylic acids is 1. The number of nitrogens with zero attached hydrogens (tertiary/aromatic N) is 2. The Hall–Kier alpha value is -3.05. The van der Waals surface area contributed by atoms with Gasteiger partial charge in [0.1, 0.15) is 10.7 Å². The third kappa shape index (κ3) is 6.50. The van der Waals surface area contributed by atoms with E-state index in [0.29, 0.717) is 28.1 Å². The molecule has 0 unspecified atom stereocenters. The molecule has 206 valence electrons. The van der Waals surface area contributed by atoms with Crippen LogP contribution in [0.3, 0.4) is 0 Å². The van der Waals surface area contributed by atoms with Crippen molar-refractivity contribution in [2.45, 2.75) is 62.7 Å². The van der Waals surface area contributed by atoms with Crippen molar-refractivity contribution < 1.29 is 32.9 Å². The molecule has 2 N–H and O–H groups in total. The van der Waals surface area contributed by atoms with E-state index in [2.05, 4.69) is 0 Å². The maximum absolute atomic E-state index is 13.9. The van der Waals surface area contributed by atoms with E-state index < -0.39 is 40.4 Å². The highest BCUT2D eigenvalue weighted by molar-refractivity contribution is 7.89. The fraction of sp³-hybridized carbons (Fsp3) is 0.393. The number of rotatable bonds is 12. The molecule has 2 aromatic carbocycles. The van der Waals surface area contributed by atoms with E-state index in [1.165, 1.54) is 26.2 Å². The Morgan fingerprint density at radius 1 is 1.00 bits per heavy atom. The highest BCUT2D eigenvalue weighted by Gasteiger charge is 2.35. The molecule has 0 aliphatic heterocycles. The summed E-state index contributed by atoms with van der Waals surface area (Å²) in [7, 11) is -1.03. The van der Waals surface area contributed by atoms with Gasteiger partial charge >= 0.3 is 0 Å². The summed E-state index contributed by atoms with van der Waals surface area (Å²) < 4.78 is 44.5. The number of carboxylic acids is 1. The van der Waals surface area contributed by atoms with Crippen LogP contribution in [0.15, 0.2) is 59.5 Å². The average Bonchev–Trinajstić information content (AvgIpc) is 3.19. The van der Waals surface area contributed by atoms with Crippen molar-refractivity contribution in [2.24, 2.45) is 0 Å². The van der Waals surface area contributed by atoms with Crippen LogP contribution in [0.2, 0.25) is 0 Å². The third-order valence-corrected chi connectivity index (χ3v) is 8.25. The number of aliphatic hydroxyl groups excluding tert-OH is 2. The maximum atomic E-state index is 13.9. The van der Waals surface area contributed by atoms with Crippen molar-refractivity contribution in [2.75, 3.05) is 14.1 Å². The van der Waals surface area contributed by atoms with Gasteiger partial charge in [-0.15, -0.1) is 0 Å². The average molecular weight is 546 g/mol. The van der Waals surface area contributed by atoms with Gasteiger partial charge in [0.25, 0.3) is 0 Å². The number of halogens is 1. The van der Waals surface area contributed by atoms with Gasteiger partial charge in [0, 0.05) is 44.3 Å². The molecular weight excluding hydrogens is 511 g/mol. The summed E-state index contributed by atoms with van der Waals surface area (Å²) in [4.78, 5) is 10.9. The van der Waals surface area contributed by atoms with Gasteiger partial charge < -0.3 is 24.7 Å². The fourth-order valence-corrected chi connectivity index (χ4v) is 6.08.